The smallest absolute Gasteiger partial charge is 0.129 e. The van der Waals surface area contributed by atoms with Crippen LogP contribution in [0.1, 0.15) is 22.3 Å². The molecular weight excluding hydrogens is 361 g/mol. The fourth-order valence-corrected chi connectivity index (χ4v) is 3.29. The molecule has 0 heterocycles. The molecule has 0 aliphatic carbocycles. The quantitative estimate of drug-likeness (QED) is 0.343. The Morgan fingerprint density at radius 3 is 2.48 bits per heavy atom. The van der Waals surface area contributed by atoms with E-state index in [-0.39, 0.29) is 5.82 Å². The highest BCUT2D eigenvalue weighted by atomic mass is 19.1. The van der Waals surface area contributed by atoms with Crippen molar-refractivity contribution in [1.29, 1.82) is 0 Å². The second kappa shape index (κ2) is 8.27. The lowest BCUT2D eigenvalue weighted by Gasteiger charge is -2.12. The third-order valence-corrected chi connectivity index (χ3v) is 5.15. The number of hydrogen-bond acceptors (Lipinski definition) is 2. The number of benzene rings is 4. The maximum absolute atomic E-state index is 13.2. The van der Waals surface area contributed by atoms with Crippen LogP contribution in [0.2, 0.25) is 0 Å². The summed E-state index contributed by atoms with van der Waals surface area (Å²) in [6.07, 6.45) is 1.88. The standard InChI is InChI=1S/C26H22FNO/c1-18-6-5-9-25(19(18)2)28-16-24-23-8-4-3-7-21(23)12-15-26(24)29-17-20-10-13-22(27)14-11-20/h3-16H,17H2,1-2H3. The van der Waals surface area contributed by atoms with Gasteiger partial charge in [0, 0.05) is 11.8 Å². The van der Waals surface area contributed by atoms with Crippen molar-refractivity contribution in [2.24, 2.45) is 4.99 Å². The van der Waals surface area contributed by atoms with Gasteiger partial charge in [0.2, 0.25) is 0 Å². The van der Waals surface area contributed by atoms with E-state index >= 15 is 0 Å². The van der Waals surface area contributed by atoms with E-state index in [9.17, 15) is 4.39 Å². The molecule has 3 heteroatoms. The normalized spacial score (nSPS) is 11.3. The number of fused-ring (bicyclic) bond motifs is 1. The van der Waals surface area contributed by atoms with Crippen molar-refractivity contribution in [3.8, 4) is 5.75 Å². The topological polar surface area (TPSA) is 21.6 Å². The number of nitrogens with zero attached hydrogens (tertiary/aromatic N) is 1. The molecule has 29 heavy (non-hydrogen) atoms. The van der Waals surface area contributed by atoms with Gasteiger partial charge in [-0.15, -0.1) is 0 Å². The summed E-state index contributed by atoms with van der Waals surface area (Å²) in [5, 5.41) is 2.21. The summed E-state index contributed by atoms with van der Waals surface area (Å²) in [7, 11) is 0. The highest BCUT2D eigenvalue weighted by molar-refractivity contribution is 6.03. The Labute approximate surface area is 170 Å². The van der Waals surface area contributed by atoms with Crippen LogP contribution in [-0.4, -0.2) is 6.21 Å². The van der Waals surface area contributed by atoms with Crippen molar-refractivity contribution in [2.75, 3.05) is 0 Å². The van der Waals surface area contributed by atoms with Gasteiger partial charge in [0.05, 0.1) is 5.69 Å². The molecule has 0 amide bonds. The lowest BCUT2D eigenvalue weighted by molar-refractivity contribution is 0.306. The average Bonchev–Trinajstić information content (AvgIpc) is 2.74. The number of halogens is 1. The largest absolute Gasteiger partial charge is 0.488 e. The molecule has 0 bridgehead atoms. The molecule has 4 rings (SSSR count). The lowest BCUT2D eigenvalue weighted by atomic mass is 10.0. The Hall–Kier alpha value is -3.46. The van der Waals surface area contributed by atoms with Gasteiger partial charge in [-0.2, -0.15) is 0 Å². The van der Waals surface area contributed by atoms with E-state index < -0.39 is 0 Å². The maximum atomic E-state index is 13.2. The van der Waals surface area contributed by atoms with Crippen molar-refractivity contribution >= 4 is 22.7 Å². The summed E-state index contributed by atoms with van der Waals surface area (Å²) in [5.74, 6) is 0.503. The fraction of sp³-hybridized carbons (Fsp3) is 0.115. The Bertz CT molecular complexity index is 1180. The summed E-state index contributed by atoms with van der Waals surface area (Å²) in [5.41, 5.74) is 5.17. The molecule has 144 valence electrons. The molecule has 0 aliphatic rings. The SMILES string of the molecule is Cc1cccc(N=Cc2c(OCc3ccc(F)cc3)ccc3ccccc23)c1C. The van der Waals surface area contributed by atoms with Crippen LogP contribution in [0.25, 0.3) is 10.8 Å². The predicted molar refractivity (Wildman–Crippen MR) is 118 cm³/mol. The Balaban J connectivity index is 1.71. The minimum absolute atomic E-state index is 0.249. The predicted octanol–water partition coefficient (Wildman–Crippen LogP) is 6.93. The Kier molecular flexibility index (Phi) is 5.39. The first-order valence-corrected chi connectivity index (χ1v) is 9.61. The highest BCUT2D eigenvalue weighted by Crippen LogP contribution is 2.29. The van der Waals surface area contributed by atoms with Crippen molar-refractivity contribution in [2.45, 2.75) is 20.5 Å². The van der Waals surface area contributed by atoms with Gasteiger partial charge in [0.1, 0.15) is 18.2 Å². The van der Waals surface area contributed by atoms with Crippen LogP contribution in [0.15, 0.2) is 83.9 Å². The number of rotatable bonds is 5. The molecule has 0 radical (unpaired) electrons. The van der Waals surface area contributed by atoms with E-state index in [0.29, 0.717) is 6.61 Å². The van der Waals surface area contributed by atoms with E-state index in [4.69, 9.17) is 9.73 Å². The van der Waals surface area contributed by atoms with Crippen LogP contribution in [0.5, 0.6) is 5.75 Å². The zero-order chi connectivity index (χ0) is 20.2. The van der Waals surface area contributed by atoms with Crippen LogP contribution in [0, 0.1) is 19.7 Å². The van der Waals surface area contributed by atoms with Crippen LogP contribution in [0.4, 0.5) is 10.1 Å². The van der Waals surface area contributed by atoms with Crippen molar-refractivity contribution in [3.05, 3.63) is 107 Å². The Morgan fingerprint density at radius 1 is 0.862 bits per heavy atom. The molecule has 0 saturated carbocycles. The third-order valence-electron chi connectivity index (χ3n) is 5.15. The van der Waals surface area contributed by atoms with E-state index in [2.05, 4.69) is 32.0 Å². The van der Waals surface area contributed by atoms with E-state index in [1.165, 1.54) is 17.7 Å². The van der Waals surface area contributed by atoms with Gasteiger partial charge in [-0.25, -0.2) is 4.39 Å². The number of aliphatic imine (C=N–C) groups is 1. The van der Waals surface area contributed by atoms with Gasteiger partial charge in [-0.05, 0) is 65.6 Å². The third kappa shape index (κ3) is 4.19. The van der Waals surface area contributed by atoms with E-state index in [1.54, 1.807) is 12.1 Å². The molecule has 0 atom stereocenters. The van der Waals surface area contributed by atoms with Crippen molar-refractivity contribution < 1.29 is 9.13 Å². The zero-order valence-corrected chi connectivity index (χ0v) is 16.5. The molecule has 2 nitrogen and oxygen atoms in total. The summed E-state index contributed by atoms with van der Waals surface area (Å²) in [6.45, 7) is 4.53. The minimum atomic E-state index is -0.249. The van der Waals surface area contributed by atoms with Gasteiger partial charge < -0.3 is 4.74 Å². The van der Waals surface area contributed by atoms with E-state index in [1.807, 2.05) is 42.6 Å². The fourth-order valence-electron chi connectivity index (χ4n) is 3.29. The first-order valence-electron chi connectivity index (χ1n) is 9.61. The summed E-state index contributed by atoms with van der Waals surface area (Å²) in [4.78, 5) is 4.76. The summed E-state index contributed by atoms with van der Waals surface area (Å²) in [6, 6.07) is 24.7. The monoisotopic (exact) mass is 383 g/mol. The molecular formula is C26H22FNO. The van der Waals surface area contributed by atoms with Crippen molar-refractivity contribution in [3.63, 3.8) is 0 Å². The molecule has 0 aromatic heterocycles. The lowest BCUT2D eigenvalue weighted by Crippen LogP contribution is -1.99. The molecule has 0 N–H and O–H groups in total. The second-order valence-electron chi connectivity index (χ2n) is 7.09. The van der Waals surface area contributed by atoms with Gasteiger partial charge in [-0.3, -0.25) is 4.99 Å². The first kappa shape index (κ1) is 18.9. The molecule has 0 saturated heterocycles. The molecule has 4 aromatic carbocycles. The average molecular weight is 383 g/mol. The zero-order valence-electron chi connectivity index (χ0n) is 16.5. The van der Waals surface area contributed by atoms with Crippen molar-refractivity contribution in [1.82, 2.24) is 0 Å². The van der Waals surface area contributed by atoms with Gasteiger partial charge in [-0.1, -0.05) is 54.6 Å². The second-order valence-corrected chi connectivity index (χ2v) is 7.09. The molecule has 0 spiro atoms. The molecule has 0 aliphatic heterocycles. The maximum Gasteiger partial charge on any atom is 0.129 e. The highest BCUT2D eigenvalue weighted by Gasteiger charge is 2.08. The van der Waals surface area contributed by atoms with Crippen LogP contribution >= 0.6 is 0 Å². The number of ether oxygens (including phenoxy) is 1. The number of aryl methyl sites for hydroxylation is 1. The van der Waals surface area contributed by atoms with Gasteiger partial charge in [0.25, 0.3) is 0 Å². The molecule has 0 unspecified atom stereocenters. The van der Waals surface area contributed by atoms with Crippen LogP contribution in [-0.2, 0) is 6.61 Å². The van der Waals surface area contributed by atoms with Crippen LogP contribution < -0.4 is 4.74 Å². The Morgan fingerprint density at radius 2 is 1.66 bits per heavy atom. The van der Waals surface area contributed by atoms with Crippen LogP contribution in [0.3, 0.4) is 0 Å². The van der Waals surface area contributed by atoms with Gasteiger partial charge in [0.15, 0.2) is 0 Å². The first-order chi connectivity index (χ1) is 14.1. The molecule has 4 aromatic rings. The summed E-state index contributed by atoms with van der Waals surface area (Å²) < 4.78 is 19.3. The van der Waals surface area contributed by atoms with E-state index in [0.717, 1.165) is 38.9 Å². The molecule has 0 fully saturated rings. The number of hydrogen-bond donors (Lipinski definition) is 0. The minimum Gasteiger partial charge on any atom is -0.488 e. The van der Waals surface area contributed by atoms with Gasteiger partial charge >= 0.3 is 0 Å². The summed E-state index contributed by atoms with van der Waals surface area (Å²) >= 11 is 0.